The molecule has 0 amide bonds. The second-order valence-electron chi connectivity index (χ2n) is 14.2. The first kappa shape index (κ1) is 25.6. The van der Waals surface area contributed by atoms with E-state index in [2.05, 4.69) is 55.4 Å². The van der Waals surface area contributed by atoms with Crippen LogP contribution in [0.3, 0.4) is 0 Å². The molecule has 3 aliphatic rings. The van der Waals surface area contributed by atoms with Gasteiger partial charge in [-0.3, -0.25) is 0 Å². The molecule has 0 radical (unpaired) electrons. The molecule has 0 heteroatoms. The molecule has 0 aliphatic heterocycles. The van der Waals surface area contributed by atoms with Gasteiger partial charge in [0.05, 0.1) is 0 Å². The van der Waals surface area contributed by atoms with Crippen LogP contribution in [0.4, 0.5) is 0 Å². The van der Waals surface area contributed by atoms with E-state index in [1.165, 1.54) is 89.9 Å². The van der Waals surface area contributed by atoms with Crippen molar-refractivity contribution in [2.45, 2.75) is 145 Å². The van der Waals surface area contributed by atoms with E-state index in [1.54, 1.807) is 0 Å². The molecule has 3 unspecified atom stereocenters. The number of rotatable bonds is 9. The largest absolute Gasteiger partial charge is 0.0654 e. The Morgan fingerprint density at radius 3 is 2.10 bits per heavy atom. The van der Waals surface area contributed by atoms with Crippen LogP contribution >= 0.6 is 0 Å². The van der Waals surface area contributed by atoms with Gasteiger partial charge in [-0.1, -0.05) is 107 Å². The highest BCUT2D eigenvalue weighted by molar-refractivity contribution is 5.10. The standard InChI is InChI=1S/C31H58/c1-9-12-23(2)13-10-14-24(3)15-17-26-25(4)16-18-28-30(26,7)22-19-27-29(5,6)20-11-21-31(27,28)8/h23-28H,9-22H2,1-8H3/t23?,24-,25+,26-,27?,28?,30+,31+/m0/s1. The van der Waals surface area contributed by atoms with Gasteiger partial charge in [0, 0.05) is 0 Å². The van der Waals surface area contributed by atoms with E-state index in [9.17, 15) is 0 Å². The summed E-state index contributed by atoms with van der Waals surface area (Å²) in [6, 6.07) is 0. The zero-order chi connectivity index (χ0) is 22.9. The summed E-state index contributed by atoms with van der Waals surface area (Å²) in [4.78, 5) is 0. The van der Waals surface area contributed by atoms with Crippen LogP contribution in [0.25, 0.3) is 0 Å². The lowest BCUT2D eigenvalue weighted by Crippen LogP contribution is -2.59. The Balaban J connectivity index is 1.63. The molecule has 31 heavy (non-hydrogen) atoms. The number of fused-ring (bicyclic) bond motifs is 3. The van der Waals surface area contributed by atoms with Gasteiger partial charge >= 0.3 is 0 Å². The van der Waals surface area contributed by atoms with Crippen LogP contribution in [0.1, 0.15) is 145 Å². The van der Waals surface area contributed by atoms with E-state index in [0.717, 1.165) is 35.5 Å². The highest BCUT2D eigenvalue weighted by atomic mass is 14.7. The maximum Gasteiger partial charge on any atom is -0.0259 e. The van der Waals surface area contributed by atoms with Crippen molar-refractivity contribution in [3.05, 3.63) is 0 Å². The molecular weight excluding hydrogens is 372 g/mol. The van der Waals surface area contributed by atoms with E-state index < -0.39 is 0 Å². The van der Waals surface area contributed by atoms with Gasteiger partial charge in [0.2, 0.25) is 0 Å². The fraction of sp³-hybridized carbons (Fsp3) is 1.00. The summed E-state index contributed by atoms with van der Waals surface area (Å²) in [6.45, 7) is 20.7. The van der Waals surface area contributed by atoms with E-state index in [-0.39, 0.29) is 0 Å². The third-order valence-electron chi connectivity index (χ3n) is 11.4. The molecule has 3 aliphatic carbocycles. The number of hydrogen-bond donors (Lipinski definition) is 0. The Kier molecular flexibility index (Phi) is 8.34. The lowest BCUT2D eigenvalue weighted by atomic mass is 9.38. The molecule has 8 atom stereocenters. The quantitative estimate of drug-likeness (QED) is 0.341. The average Bonchev–Trinajstić information content (AvgIpc) is 2.66. The maximum atomic E-state index is 2.76. The molecule has 3 saturated carbocycles. The van der Waals surface area contributed by atoms with Gasteiger partial charge in [-0.15, -0.1) is 0 Å². The molecule has 0 spiro atoms. The van der Waals surface area contributed by atoms with Crippen molar-refractivity contribution in [2.24, 2.45) is 51.8 Å². The molecule has 182 valence electrons. The van der Waals surface area contributed by atoms with Crippen molar-refractivity contribution in [3.8, 4) is 0 Å². The van der Waals surface area contributed by atoms with Crippen molar-refractivity contribution in [3.63, 3.8) is 0 Å². The van der Waals surface area contributed by atoms with Crippen molar-refractivity contribution < 1.29 is 0 Å². The molecule has 0 aromatic rings. The molecule has 0 aromatic heterocycles. The van der Waals surface area contributed by atoms with Crippen LogP contribution in [0.5, 0.6) is 0 Å². The Morgan fingerprint density at radius 1 is 0.742 bits per heavy atom. The summed E-state index contributed by atoms with van der Waals surface area (Å²) in [5, 5.41) is 0. The van der Waals surface area contributed by atoms with Crippen molar-refractivity contribution in [1.82, 2.24) is 0 Å². The fourth-order valence-electron chi connectivity index (χ4n) is 9.74. The first-order valence-corrected chi connectivity index (χ1v) is 14.5. The smallest absolute Gasteiger partial charge is 0.0259 e. The molecule has 3 fully saturated rings. The van der Waals surface area contributed by atoms with Gasteiger partial charge in [-0.25, -0.2) is 0 Å². The second kappa shape index (κ2) is 10.1. The minimum Gasteiger partial charge on any atom is -0.0654 e. The Morgan fingerprint density at radius 2 is 1.42 bits per heavy atom. The predicted molar refractivity (Wildman–Crippen MR) is 138 cm³/mol. The van der Waals surface area contributed by atoms with Crippen LogP contribution in [0.2, 0.25) is 0 Å². The van der Waals surface area contributed by atoms with Crippen molar-refractivity contribution >= 4 is 0 Å². The van der Waals surface area contributed by atoms with Gasteiger partial charge in [-0.05, 0) is 90.3 Å². The summed E-state index contributed by atoms with van der Waals surface area (Å²) in [5.74, 6) is 5.70. The minimum absolute atomic E-state index is 0.566. The molecule has 0 N–H and O–H groups in total. The first-order valence-electron chi connectivity index (χ1n) is 14.5. The monoisotopic (exact) mass is 430 g/mol. The van der Waals surface area contributed by atoms with E-state index >= 15 is 0 Å². The topological polar surface area (TPSA) is 0 Å². The van der Waals surface area contributed by atoms with E-state index in [4.69, 9.17) is 0 Å². The molecule has 0 aromatic carbocycles. The van der Waals surface area contributed by atoms with Crippen molar-refractivity contribution in [1.29, 1.82) is 0 Å². The summed E-state index contributed by atoms with van der Waals surface area (Å²) in [5.41, 5.74) is 1.77. The molecular formula is C31H58. The molecule has 0 heterocycles. The zero-order valence-corrected chi connectivity index (χ0v) is 22.9. The predicted octanol–water partition coefficient (Wildman–Crippen LogP) is 10.3. The summed E-state index contributed by atoms with van der Waals surface area (Å²) < 4.78 is 0. The van der Waals surface area contributed by atoms with Gasteiger partial charge < -0.3 is 0 Å². The summed E-state index contributed by atoms with van der Waals surface area (Å²) in [6.07, 6.45) is 20.6. The Labute approximate surface area is 197 Å². The van der Waals surface area contributed by atoms with Crippen LogP contribution in [0, 0.1) is 51.8 Å². The lowest BCUT2D eigenvalue weighted by Gasteiger charge is -2.66. The molecule has 0 saturated heterocycles. The third kappa shape index (κ3) is 5.24. The highest BCUT2D eigenvalue weighted by Gasteiger charge is 2.61. The van der Waals surface area contributed by atoms with Gasteiger partial charge in [-0.2, -0.15) is 0 Å². The normalized spacial score (nSPS) is 41.8. The Hall–Kier alpha value is 0. The highest BCUT2D eigenvalue weighted by Crippen LogP contribution is 2.69. The van der Waals surface area contributed by atoms with Gasteiger partial charge in [0.15, 0.2) is 0 Å². The minimum atomic E-state index is 0.566. The molecule has 0 nitrogen and oxygen atoms in total. The van der Waals surface area contributed by atoms with E-state index in [0.29, 0.717) is 16.2 Å². The first-order chi connectivity index (χ1) is 14.5. The van der Waals surface area contributed by atoms with Crippen LogP contribution in [-0.4, -0.2) is 0 Å². The third-order valence-corrected chi connectivity index (χ3v) is 11.4. The average molecular weight is 431 g/mol. The van der Waals surface area contributed by atoms with E-state index in [1.807, 2.05) is 0 Å². The Bertz CT molecular complexity index is 560. The van der Waals surface area contributed by atoms with Gasteiger partial charge in [0.1, 0.15) is 0 Å². The second-order valence-corrected chi connectivity index (χ2v) is 14.2. The summed E-state index contributed by atoms with van der Waals surface area (Å²) in [7, 11) is 0. The summed E-state index contributed by atoms with van der Waals surface area (Å²) >= 11 is 0. The lowest BCUT2D eigenvalue weighted by molar-refractivity contribution is -0.174. The molecule has 0 bridgehead atoms. The SMILES string of the molecule is CCCC(C)CCC[C@H](C)CC[C@H]1[C@H](C)CCC2[C@]3(C)CCCC(C)(C)C3CC[C@@]21C. The maximum absolute atomic E-state index is 2.76. The van der Waals surface area contributed by atoms with Crippen LogP contribution in [0.15, 0.2) is 0 Å². The molecule has 3 rings (SSSR count). The fourth-order valence-corrected chi connectivity index (χ4v) is 9.74. The van der Waals surface area contributed by atoms with Crippen LogP contribution < -0.4 is 0 Å². The van der Waals surface area contributed by atoms with Crippen molar-refractivity contribution in [2.75, 3.05) is 0 Å². The van der Waals surface area contributed by atoms with Crippen LogP contribution in [-0.2, 0) is 0 Å². The zero-order valence-electron chi connectivity index (χ0n) is 22.9. The van der Waals surface area contributed by atoms with Gasteiger partial charge in [0.25, 0.3) is 0 Å². The number of hydrogen-bond acceptors (Lipinski definition) is 0.